The van der Waals surface area contributed by atoms with Crippen LogP contribution in [0.1, 0.15) is 40.1 Å². The summed E-state index contributed by atoms with van der Waals surface area (Å²) in [5.41, 5.74) is 1.09. The zero-order valence-corrected chi connectivity index (χ0v) is 18.1. The molecule has 0 atom stereocenters. The van der Waals surface area contributed by atoms with E-state index in [4.69, 9.17) is 14.2 Å². The molecule has 0 aliphatic carbocycles. The Kier molecular flexibility index (Phi) is 4.96. The molecule has 0 N–H and O–H groups in total. The SMILES string of the molecule is COc1ccc2nc(C(=O)N3CCC4(CC3)CC(=O)c3ccccc3O4)cc(OC)c2c1. The van der Waals surface area contributed by atoms with Crippen LogP contribution in [0.5, 0.6) is 17.2 Å². The van der Waals surface area contributed by atoms with Crippen molar-refractivity contribution >= 4 is 22.6 Å². The van der Waals surface area contributed by atoms with Crippen molar-refractivity contribution in [2.45, 2.75) is 24.9 Å². The molecule has 1 aromatic heterocycles. The van der Waals surface area contributed by atoms with Gasteiger partial charge in [0.25, 0.3) is 5.91 Å². The molecular weight excluding hydrogens is 408 g/mol. The van der Waals surface area contributed by atoms with Gasteiger partial charge in [0.2, 0.25) is 0 Å². The Morgan fingerprint density at radius 2 is 1.84 bits per heavy atom. The van der Waals surface area contributed by atoms with Gasteiger partial charge in [0.15, 0.2) is 5.78 Å². The second kappa shape index (κ2) is 7.82. The summed E-state index contributed by atoms with van der Waals surface area (Å²) in [6, 6.07) is 14.5. The molecule has 2 aliphatic heterocycles. The van der Waals surface area contributed by atoms with E-state index in [0.29, 0.717) is 66.4 Å². The lowest BCUT2D eigenvalue weighted by Crippen LogP contribution is -2.52. The van der Waals surface area contributed by atoms with Crippen LogP contribution in [0.25, 0.3) is 10.9 Å². The molecule has 1 fully saturated rings. The van der Waals surface area contributed by atoms with Crippen molar-refractivity contribution in [1.82, 2.24) is 9.88 Å². The van der Waals surface area contributed by atoms with Crippen LogP contribution in [0.4, 0.5) is 0 Å². The molecule has 32 heavy (non-hydrogen) atoms. The van der Waals surface area contributed by atoms with Crippen LogP contribution in [0.15, 0.2) is 48.5 Å². The first kappa shape index (κ1) is 20.3. The number of ketones is 1. The number of methoxy groups -OCH3 is 2. The first-order chi connectivity index (χ1) is 15.5. The van der Waals surface area contributed by atoms with Gasteiger partial charge in [0.05, 0.1) is 31.7 Å². The van der Waals surface area contributed by atoms with Crippen molar-refractivity contribution in [2.24, 2.45) is 0 Å². The van der Waals surface area contributed by atoms with Gasteiger partial charge < -0.3 is 19.1 Å². The number of likely N-dealkylation sites (tertiary alicyclic amines) is 1. The lowest BCUT2D eigenvalue weighted by atomic mass is 9.82. The molecule has 3 aromatic rings. The van der Waals surface area contributed by atoms with E-state index in [-0.39, 0.29) is 11.7 Å². The Labute approximate surface area is 185 Å². The Morgan fingerprint density at radius 1 is 1.06 bits per heavy atom. The van der Waals surface area contributed by atoms with Gasteiger partial charge in [0.1, 0.15) is 28.5 Å². The highest BCUT2D eigenvalue weighted by molar-refractivity contribution is 6.00. The Bertz CT molecular complexity index is 1210. The number of Topliss-reactive ketones (excluding diaryl/α,β-unsaturated/α-hetero) is 1. The van der Waals surface area contributed by atoms with Crippen molar-refractivity contribution in [3.63, 3.8) is 0 Å². The summed E-state index contributed by atoms with van der Waals surface area (Å²) in [6.07, 6.45) is 1.54. The van der Waals surface area contributed by atoms with Crippen LogP contribution in [0.2, 0.25) is 0 Å². The topological polar surface area (TPSA) is 78.0 Å². The molecule has 1 amide bonds. The number of hydrogen-bond donors (Lipinski definition) is 0. The van der Waals surface area contributed by atoms with E-state index in [2.05, 4.69) is 4.98 Å². The first-order valence-corrected chi connectivity index (χ1v) is 10.7. The molecule has 164 valence electrons. The Morgan fingerprint density at radius 3 is 2.59 bits per heavy atom. The van der Waals surface area contributed by atoms with Crippen molar-refractivity contribution in [1.29, 1.82) is 0 Å². The number of fused-ring (bicyclic) bond motifs is 2. The van der Waals surface area contributed by atoms with Gasteiger partial charge in [-0.15, -0.1) is 0 Å². The van der Waals surface area contributed by atoms with Gasteiger partial charge >= 0.3 is 0 Å². The number of benzene rings is 2. The van der Waals surface area contributed by atoms with Crippen molar-refractivity contribution < 1.29 is 23.8 Å². The van der Waals surface area contributed by atoms with Gasteiger partial charge in [-0.05, 0) is 30.3 Å². The van der Waals surface area contributed by atoms with Crippen molar-refractivity contribution in [3.05, 3.63) is 59.8 Å². The highest BCUT2D eigenvalue weighted by Gasteiger charge is 2.43. The number of hydrogen-bond acceptors (Lipinski definition) is 6. The number of nitrogens with zero attached hydrogens (tertiary/aromatic N) is 2. The third-order valence-corrected chi connectivity index (χ3v) is 6.38. The molecule has 7 nitrogen and oxygen atoms in total. The van der Waals surface area contributed by atoms with Crippen molar-refractivity contribution in [2.75, 3.05) is 27.3 Å². The highest BCUT2D eigenvalue weighted by atomic mass is 16.5. The van der Waals surface area contributed by atoms with E-state index in [9.17, 15) is 9.59 Å². The summed E-state index contributed by atoms with van der Waals surface area (Å²) in [4.78, 5) is 32.2. The van der Waals surface area contributed by atoms with E-state index >= 15 is 0 Å². The Hall–Kier alpha value is -3.61. The second-order valence-electron chi connectivity index (χ2n) is 8.27. The average Bonchev–Trinajstić information content (AvgIpc) is 2.83. The summed E-state index contributed by atoms with van der Waals surface area (Å²) < 4.78 is 17.1. The number of amides is 1. The summed E-state index contributed by atoms with van der Waals surface area (Å²) in [5, 5.41) is 0.786. The molecule has 0 radical (unpaired) electrons. The molecule has 7 heteroatoms. The van der Waals surface area contributed by atoms with Gasteiger partial charge in [-0.1, -0.05) is 12.1 Å². The fourth-order valence-corrected chi connectivity index (χ4v) is 4.58. The third-order valence-electron chi connectivity index (χ3n) is 6.38. The molecule has 1 spiro atoms. The summed E-state index contributed by atoms with van der Waals surface area (Å²) >= 11 is 0. The van der Waals surface area contributed by atoms with Crippen LogP contribution in [0, 0.1) is 0 Å². The van der Waals surface area contributed by atoms with Crippen LogP contribution < -0.4 is 14.2 Å². The maximum absolute atomic E-state index is 13.2. The van der Waals surface area contributed by atoms with E-state index in [1.807, 2.05) is 36.4 Å². The number of piperidine rings is 1. The minimum Gasteiger partial charge on any atom is -0.497 e. The largest absolute Gasteiger partial charge is 0.497 e. The molecule has 1 saturated heterocycles. The van der Waals surface area contributed by atoms with Crippen LogP contribution >= 0.6 is 0 Å². The van der Waals surface area contributed by atoms with Crippen molar-refractivity contribution in [3.8, 4) is 17.2 Å². The van der Waals surface area contributed by atoms with E-state index in [1.54, 1.807) is 31.3 Å². The van der Waals surface area contributed by atoms with E-state index < -0.39 is 5.60 Å². The molecule has 0 saturated carbocycles. The Balaban J connectivity index is 1.36. The minimum atomic E-state index is -0.548. The third kappa shape index (κ3) is 3.43. The fraction of sp³-hybridized carbons (Fsp3) is 0.320. The number of carbonyl (C=O) groups is 2. The monoisotopic (exact) mass is 432 g/mol. The van der Waals surface area contributed by atoms with E-state index in [0.717, 1.165) is 5.39 Å². The molecular formula is C25H24N2O5. The van der Waals surface area contributed by atoms with Gasteiger partial charge in [-0.25, -0.2) is 4.98 Å². The zero-order valence-electron chi connectivity index (χ0n) is 18.1. The first-order valence-electron chi connectivity index (χ1n) is 10.7. The molecule has 5 rings (SSSR count). The van der Waals surface area contributed by atoms with E-state index in [1.165, 1.54) is 0 Å². The molecule has 2 aromatic carbocycles. The maximum atomic E-state index is 13.2. The number of aromatic nitrogens is 1. The normalized spacial score (nSPS) is 17.1. The fourth-order valence-electron chi connectivity index (χ4n) is 4.58. The standard InChI is InChI=1S/C25H24N2O5/c1-30-16-7-8-19-18(13-16)23(31-2)14-20(26-19)24(29)27-11-9-25(10-12-27)15-21(28)17-5-3-4-6-22(17)32-25/h3-8,13-14H,9-12,15H2,1-2H3. The average molecular weight is 432 g/mol. The summed E-state index contributed by atoms with van der Waals surface area (Å²) in [5.74, 6) is 1.85. The van der Waals surface area contributed by atoms with Crippen LogP contribution in [0.3, 0.4) is 0 Å². The number of carbonyl (C=O) groups excluding carboxylic acids is 2. The van der Waals surface area contributed by atoms with Crippen LogP contribution in [-0.4, -0.2) is 54.5 Å². The smallest absolute Gasteiger partial charge is 0.272 e. The van der Waals surface area contributed by atoms with Crippen LogP contribution in [-0.2, 0) is 0 Å². The lowest BCUT2D eigenvalue weighted by molar-refractivity contribution is -0.00584. The quantitative estimate of drug-likeness (QED) is 0.625. The molecule has 3 heterocycles. The lowest BCUT2D eigenvalue weighted by Gasteiger charge is -2.43. The predicted octanol–water partition coefficient (Wildman–Crippen LogP) is 3.89. The number of pyridine rings is 1. The predicted molar refractivity (Wildman–Crippen MR) is 119 cm³/mol. The van der Waals surface area contributed by atoms with Gasteiger partial charge in [-0.3, -0.25) is 9.59 Å². The van der Waals surface area contributed by atoms with Gasteiger partial charge in [0, 0.05) is 37.4 Å². The maximum Gasteiger partial charge on any atom is 0.272 e. The second-order valence-corrected chi connectivity index (χ2v) is 8.27. The molecule has 0 bridgehead atoms. The number of rotatable bonds is 3. The number of para-hydroxylation sites is 1. The summed E-state index contributed by atoms with van der Waals surface area (Å²) in [7, 11) is 3.17. The number of ether oxygens (including phenoxy) is 3. The summed E-state index contributed by atoms with van der Waals surface area (Å²) in [6.45, 7) is 0.998. The zero-order chi connectivity index (χ0) is 22.3. The molecule has 0 unspecified atom stereocenters. The molecule has 2 aliphatic rings. The highest BCUT2D eigenvalue weighted by Crippen LogP contribution is 2.39. The minimum absolute atomic E-state index is 0.1000. The van der Waals surface area contributed by atoms with Gasteiger partial charge in [-0.2, -0.15) is 0 Å².